The lowest BCUT2D eigenvalue weighted by Gasteiger charge is -2.21. The van der Waals surface area contributed by atoms with Crippen molar-refractivity contribution in [1.29, 1.82) is 0 Å². The molecule has 0 aromatic heterocycles. The number of benzene rings is 1. The monoisotopic (exact) mass is 282 g/mol. The maximum atomic E-state index is 13.6. The molecule has 0 fully saturated rings. The molecule has 2 amide bonds. The highest BCUT2D eigenvalue weighted by molar-refractivity contribution is 5.94. The van der Waals surface area contributed by atoms with Gasteiger partial charge in [-0.25, -0.2) is 14.0 Å². The second-order valence-corrected chi connectivity index (χ2v) is 4.49. The first-order chi connectivity index (χ1) is 9.47. The molecule has 1 aromatic rings. The van der Waals surface area contributed by atoms with Crippen LogP contribution < -0.4 is 10.2 Å². The van der Waals surface area contributed by atoms with Gasteiger partial charge in [0.25, 0.3) is 0 Å². The standard InChI is InChI=1S/C14H19FN2O3/c1-3-4-8-11(13(18)19)16-14(20)17(2)12-9-6-5-7-10(12)15/h5-7,9,11H,3-4,8H2,1-2H3,(H,16,20)(H,18,19). The highest BCUT2D eigenvalue weighted by atomic mass is 19.1. The van der Waals surface area contributed by atoms with Gasteiger partial charge in [0, 0.05) is 7.05 Å². The van der Waals surface area contributed by atoms with E-state index in [0.29, 0.717) is 12.8 Å². The molecule has 0 aliphatic heterocycles. The van der Waals surface area contributed by atoms with Crippen molar-refractivity contribution in [1.82, 2.24) is 5.32 Å². The first kappa shape index (κ1) is 15.9. The summed E-state index contributed by atoms with van der Waals surface area (Å²) in [5.41, 5.74) is 0.102. The lowest BCUT2D eigenvalue weighted by atomic mass is 10.1. The van der Waals surface area contributed by atoms with Crippen LogP contribution in [-0.2, 0) is 4.79 Å². The molecule has 6 heteroatoms. The largest absolute Gasteiger partial charge is 0.480 e. The van der Waals surface area contributed by atoms with Crippen LogP contribution in [0.5, 0.6) is 0 Å². The summed E-state index contributed by atoms with van der Waals surface area (Å²) >= 11 is 0. The minimum atomic E-state index is -1.09. The van der Waals surface area contributed by atoms with E-state index in [1.54, 1.807) is 6.07 Å². The summed E-state index contributed by atoms with van der Waals surface area (Å²) in [6, 6.07) is 4.22. The number of hydrogen-bond acceptors (Lipinski definition) is 2. The van der Waals surface area contributed by atoms with Crippen LogP contribution in [0.25, 0.3) is 0 Å². The van der Waals surface area contributed by atoms with Crippen molar-refractivity contribution in [2.45, 2.75) is 32.2 Å². The molecule has 5 nitrogen and oxygen atoms in total. The molecule has 1 aromatic carbocycles. The summed E-state index contributed by atoms with van der Waals surface area (Å²) in [4.78, 5) is 24.1. The summed E-state index contributed by atoms with van der Waals surface area (Å²) in [7, 11) is 1.40. The Labute approximate surface area is 117 Å². The van der Waals surface area contributed by atoms with Crippen LogP contribution in [0, 0.1) is 5.82 Å². The summed E-state index contributed by atoms with van der Waals surface area (Å²) in [6.45, 7) is 1.94. The number of halogens is 1. The molecule has 20 heavy (non-hydrogen) atoms. The Bertz CT molecular complexity index is 479. The molecule has 2 N–H and O–H groups in total. The Hall–Kier alpha value is -2.11. The molecule has 1 unspecified atom stereocenters. The van der Waals surface area contributed by atoms with Crippen molar-refractivity contribution in [2.75, 3.05) is 11.9 Å². The fourth-order valence-electron chi connectivity index (χ4n) is 1.74. The third-order valence-corrected chi connectivity index (χ3v) is 2.96. The number of para-hydroxylation sites is 1. The Morgan fingerprint density at radius 1 is 1.40 bits per heavy atom. The van der Waals surface area contributed by atoms with Crippen LogP contribution >= 0.6 is 0 Å². The lowest BCUT2D eigenvalue weighted by molar-refractivity contribution is -0.139. The van der Waals surface area contributed by atoms with Gasteiger partial charge in [0.1, 0.15) is 11.9 Å². The topological polar surface area (TPSA) is 69.6 Å². The lowest BCUT2D eigenvalue weighted by Crippen LogP contribution is -2.47. The van der Waals surface area contributed by atoms with Crippen LogP contribution in [0.2, 0.25) is 0 Å². The van der Waals surface area contributed by atoms with Crippen molar-refractivity contribution in [3.8, 4) is 0 Å². The maximum absolute atomic E-state index is 13.6. The third kappa shape index (κ3) is 4.22. The van der Waals surface area contributed by atoms with Crippen molar-refractivity contribution in [2.24, 2.45) is 0 Å². The zero-order valence-corrected chi connectivity index (χ0v) is 11.6. The number of carbonyl (C=O) groups is 2. The zero-order chi connectivity index (χ0) is 15.1. The summed E-state index contributed by atoms with van der Waals surface area (Å²) in [6.07, 6.45) is 1.88. The normalized spacial score (nSPS) is 11.8. The smallest absolute Gasteiger partial charge is 0.326 e. The quantitative estimate of drug-likeness (QED) is 0.842. The highest BCUT2D eigenvalue weighted by Crippen LogP contribution is 2.17. The molecule has 1 atom stereocenters. The predicted octanol–water partition coefficient (Wildman–Crippen LogP) is 2.61. The number of aliphatic carboxylic acids is 1. The second kappa shape index (κ2) is 7.47. The van der Waals surface area contributed by atoms with Gasteiger partial charge in [0.15, 0.2) is 0 Å². The molecule has 0 saturated heterocycles. The first-order valence-electron chi connectivity index (χ1n) is 6.49. The SMILES string of the molecule is CCCCC(NC(=O)N(C)c1ccccc1F)C(=O)O. The van der Waals surface area contributed by atoms with E-state index in [9.17, 15) is 14.0 Å². The van der Waals surface area contributed by atoms with Crippen molar-refractivity contribution in [3.05, 3.63) is 30.1 Å². The van der Waals surface area contributed by atoms with E-state index < -0.39 is 23.9 Å². The zero-order valence-electron chi connectivity index (χ0n) is 11.6. The van der Waals surface area contributed by atoms with E-state index in [1.807, 2.05) is 6.92 Å². The van der Waals surface area contributed by atoms with Gasteiger partial charge in [0.2, 0.25) is 0 Å². The number of carboxylic acids is 1. The third-order valence-electron chi connectivity index (χ3n) is 2.96. The predicted molar refractivity (Wildman–Crippen MR) is 74.3 cm³/mol. The first-order valence-corrected chi connectivity index (χ1v) is 6.49. The fraction of sp³-hybridized carbons (Fsp3) is 0.429. The second-order valence-electron chi connectivity index (χ2n) is 4.49. The van der Waals surface area contributed by atoms with Gasteiger partial charge in [-0.15, -0.1) is 0 Å². The number of hydrogen-bond donors (Lipinski definition) is 2. The Kier molecular flexibility index (Phi) is 5.96. The summed E-state index contributed by atoms with van der Waals surface area (Å²) in [5, 5.41) is 11.4. The molecule has 0 radical (unpaired) electrons. The average Bonchev–Trinajstić information content (AvgIpc) is 2.42. The fourth-order valence-corrected chi connectivity index (χ4v) is 1.74. The van der Waals surface area contributed by atoms with E-state index in [1.165, 1.54) is 25.2 Å². The van der Waals surface area contributed by atoms with Gasteiger partial charge < -0.3 is 10.4 Å². The molecule has 0 saturated carbocycles. The van der Waals surface area contributed by atoms with Crippen LogP contribution in [0.15, 0.2) is 24.3 Å². The van der Waals surface area contributed by atoms with Crippen LogP contribution in [0.3, 0.4) is 0 Å². The van der Waals surface area contributed by atoms with Crippen molar-refractivity contribution in [3.63, 3.8) is 0 Å². The number of nitrogens with one attached hydrogen (secondary N) is 1. The molecule has 0 heterocycles. The molecular formula is C14H19FN2O3. The Morgan fingerprint density at radius 2 is 2.05 bits per heavy atom. The highest BCUT2D eigenvalue weighted by Gasteiger charge is 2.22. The summed E-state index contributed by atoms with van der Waals surface area (Å²) in [5.74, 6) is -1.63. The number of carbonyl (C=O) groups excluding carboxylic acids is 1. The molecule has 0 aliphatic rings. The molecule has 110 valence electrons. The number of carboxylic acid groups (broad SMARTS) is 1. The number of unbranched alkanes of at least 4 members (excludes halogenated alkanes) is 1. The van der Waals surface area contributed by atoms with Crippen LogP contribution in [-0.4, -0.2) is 30.2 Å². The Balaban J connectivity index is 2.73. The van der Waals surface area contributed by atoms with Gasteiger partial charge >= 0.3 is 12.0 Å². The van der Waals surface area contributed by atoms with E-state index in [2.05, 4.69) is 5.32 Å². The van der Waals surface area contributed by atoms with Gasteiger partial charge in [-0.2, -0.15) is 0 Å². The molecule has 0 bridgehead atoms. The maximum Gasteiger partial charge on any atom is 0.326 e. The number of rotatable bonds is 6. The van der Waals surface area contributed by atoms with E-state index in [-0.39, 0.29) is 5.69 Å². The number of amides is 2. The van der Waals surface area contributed by atoms with Gasteiger partial charge in [-0.05, 0) is 18.6 Å². The minimum Gasteiger partial charge on any atom is -0.480 e. The molecule has 0 spiro atoms. The van der Waals surface area contributed by atoms with Crippen molar-refractivity contribution >= 4 is 17.7 Å². The van der Waals surface area contributed by atoms with Gasteiger partial charge in [-0.1, -0.05) is 31.9 Å². The van der Waals surface area contributed by atoms with Crippen molar-refractivity contribution < 1.29 is 19.1 Å². The number of urea groups is 1. The van der Waals surface area contributed by atoms with Crippen LogP contribution in [0.4, 0.5) is 14.9 Å². The average molecular weight is 282 g/mol. The van der Waals surface area contributed by atoms with Gasteiger partial charge in [-0.3, -0.25) is 4.90 Å². The molecule has 0 aliphatic carbocycles. The Morgan fingerprint density at radius 3 is 2.60 bits per heavy atom. The number of anilines is 1. The van der Waals surface area contributed by atoms with E-state index in [0.717, 1.165) is 11.3 Å². The van der Waals surface area contributed by atoms with Gasteiger partial charge in [0.05, 0.1) is 5.69 Å². The van der Waals surface area contributed by atoms with E-state index in [4.69, 9.17) is 5.11 Å². The molecule has 1 rings (SSSR count). The van der Waals surface area contributed by atoms with E-state index >= 15 is 0 Å². The number of nitrogens with zero attached hydrogens (tertiary/aromatic N) is 1. The van der Waals surface area contributed by atoms with Crippen LogP contribution in [0.1, 0.15) is 26.2 Å². The molecular weight excluding hydrogens is 263 g/mol. The summed E-state index contributed by atoms with van der Waals surface area (Å²) < 4.78 is 13.6. The minimum absolute atomic E-state index is 0.102.